The zero-order valence-corrected chi connectivity index (χ0v) is 23.0. The number of hydrogen-bond acceptors (Lipinski definition) is 8. The van der Waals surface area contributed by atoms with E-state index in [1.54, 1.807) is 0 Å². The van der Waals surface area contributed by atoms with Gasteiger partial charge < -0.3 is 19.7 Å². The first-order valence-electron chi connectivity index (χ1n) is 13.3. The number of nitrogens with zero attached hydrogens (tertiary/aromatic N) is 5. The molecule has 9 nitrogen and oxygen atoms in total. The molecule has 0 spiro atoms. The number of amides is 1. The van der Waals surface area contributed by atoms with Gasteiger partial charge in [-0.3, -0.25) is 4.90 Å². The summed E-state index contributed by atoms with van der Waals surface area (Å²) in [6, 6.07) is -0.185. The number of carbonyl (C=O) groups excluding carboxylic acids is 1. The molecule has 0 radical (unpaired) electrons. The fourth-order valence-electron chi connectivity index (χ4n) is 6.10. The normalized spacial score (nSPS) is 26.9. The maximum Gasteiger partial charge on any atom is 0.407 e. The van der Waals surface area contributed by atoms with Gasteiger partial charge in [0.15, 0.2) is 11.0 Å². The molecule has 3 aliphatic heterocycles. The van der Waals surface area contributed by atoms with E-state index in [-0.39, 0.29) is 22.7 Å². The molecule has 0 aliphatic carbocycles. The highest BCUT2D eigenvalue weighted by molar-refractivity contribution is 6.30. The van der Waals surface area contributed by atoms with Crippen molar-refractivity contribution in [2.24, 2.45) is 0 Å². The Bertz CT molecular complexity index is 1210. The third kappa shape index (κ3) is 5.32. The van der Waals surface area contributed by atoms with Gasteiger partial charge in [-0.25, -0.2) is 18.6 Å². The molecule has 1 N–H and O–H groups in total. The van der Waals surface area contributed by atoms with Crippen LogP contribution in [-0.2, 0) is 4.74 Å². The molecule has 0 unspecified atom stereocenters. The van der Waals surface area contributed by atoms with Crippen LogP contribution in [0.25, 0.3) is 10.9 Å². The number of hydrogen-bond donors (Lipinski definition) is 1. The number of pyridine rings is 1. The summed E-state index contributed by atoms with van der Waals surface area (Å²) in [6.45, 7) is 9.63. The van der Waals surface area contributed by atoms with Crippen LogP contribution in [0.5, 0.6) is 6.01 Å². The summed E-state index contributed by atoms with van der Waals surface area (Å²) in [5, 5.41) is 3.03. The molecule has 2 aromatic rings. The summed E-state index contributed by atoms with van der Waals surface area (Å²) >= 11 is 6.00. The van der Waals surface area contributed by atoms with Crippen LogP contribution in [-0.4, -0.2) is 81.6 Å². The molecule has 38 heavy (non-hydrogen) atoms. The van der Waals surface area contributed by atoms with Crippen LogP contribution in [0.1, 0.15) is 59.8 Å². The maximum absolute atomic E-state index is 15.1. The van der Waals surface area contributed by atoms with Crippen molar-refractivity contribution >= 4 is 34.4 Å². The number of halogens is 3. The summed E-state index contributed by atoms with van der Waals surface area (Å²) in [6.07, 6.45) is 3.39. The van der Waals surface area contributed by atoms with Crippen molar-refractivity contribution in [3.63, 3.8) is 0 Å². The number of anilines is 1. The molecule has 2 aromatic heterocycles. The quantitative estimate of drug-likeness (QED) is 0.536. The van der Waals surface area contributed by atoms with Crippen LogP contribution < -0.4 is 15.0 Å². The molecule has 0 bridgehead atoms. The minimum absolute atomic E-state index is 0.00641. The van der Waals surface area contributed by atoms with Crippen molar-refractivity contribution in [2.75, 3.05) is 31.1 Å². The van der Waals surface area contributed by atoms with Crippen molar-refractivity contribution in [2.45, 2.75) is 89.3 Å². The SMILES string of the molecule is C[C@H](Oc1nc(N2CCC[C@H](NC(=O)OC(C)(C)C)C2)c2cnc(Cl)c(F)c2n1)[C@@]12CCCN1C[C@H](F)C2. The predicted molar refractivity (Wildman–Crippen MR) is 140 cm³/mol. The standard InChI is InChI=1S/C26H35ClF2N6O3/c1-15(26-8-6-10-35(26)13-16(28)11-26)37-23-32-20-18(12-30-21(27)19(20)29)22(33-23)34-9-5-7-17(14-34)31-24(36)38-25(2,3)4/h12,15-17H,5-11,13-14H2,1-4H3,(H,31,36)/t15-,16+,17-,26-/m0/s1. The van der Waals surface area contributed by atoms with E-state index in [0.29, 0.717) is 37.3 Å². The highest BCUT2D eigenvalue weighted by atomic mass is 35.5. The third-order valence-corrected chi connectivity index (χ3v) is 8.01. The lowest BCUT2D eigenvalue weighted by Crippen LogP contribution is -2.50. The molecule has 3 fully saturated rings. The minimum atomic E-state index is -0.903. The van der Waals surface area contributed by atoms with Crippen LogP contribution in [0.15, 0.2) is 6.20 Å². The Balaban J connectivity index is 1.44. The van der Waals surface area contributed by atoms with Gasteiger partial charge in [0.1, 0.15) is 29.2 Å². The summed E-state index contributed by atoms with van der Waals surface area (Å²) in [5.74, 6) is -0.303. The highest BCUT2D eigenvalue weighted by Crippen LogP contribution is 2.43. The molecule has 0 saturated carbocycles. The highest BCUT2D eigenvalue weighted by Gasteiger charge is 2.53. The second-order valence-electron chi connectivity index (χ2n) is 11.6. The van der Waals surface area contributed by atoms with E-state index >= 15 is 4.39 Å². The summed E-state index contributed by atoms with van der Waals surface area (Å²) in [4.78, 5) is 29.6. The monoisotopic (exact) mass is 552 g/mol. The second-order valence-corrected chi connectivity index (χ2v) is 12.0. The first-order chi connectivity index (χ1) is 17.9. The number of carbonyl (C=O) groups is 1. The average Bonchev–Trinajstić information content (AvgIpc) is 3.37. The summed E-state index contributed by atoms with van der Waals surface area (Å²) in [5.41, 5.74) is -1.03. The van der Waals surface area contributed by atoms with Gasteiger partial charge in [0.2, 0.25) is 0 Å². The molecular formula is C26H35ClF2N6O3. The topological polar surface area (TPSA) is 92.7 Å². The molecule has 0 aromatic carbocycles. The van der Waals surface area contributed by atoms with Gasteiger partial charge >= 0.3 is 12.1 Å². The zero-order chi connectivity index (χ0) is 27.2. The first kappa shape index (κ1) is 27.1. The van der Waals surface area contributed by atoms with Crippen molar-refractivity contribution in [1.29, 1.82) is 0 Å². The van der Waals surface area contributed by atoms with Crippen molar-refractivity contribution in [3.05, 3.63) is 17.2 Å². The lowest BCUT2D eigenvalue weighted by atomic mass is 9.88. The van der Waals surface area contributed by atoms with Gasteiger partial charge in [0.05, 0.1) is 10.9 Å². The molecule has 4 atom stereocenters. The van der Waals surface area contributed by atoms with Crippen molar-refractivity contribution in [3.8, 4) is 6.01 Å². The Labute approximate surface area is 226 Å². The lowest BCUT2D eigenvalue weighted by molar-refractivity contribution is 0.0402. The van der Waals surface area contributed by atoms with Crippen LogP contribution in [0.2, 0.25) is 5.15 Å². The molecule has 3 saturated heterocycles. The predicted octanol–water partition coefficient (Wildman–Crippen LogP) is 4.65. The van der Waals surface area contributed by atoms with Gasteiger partial charge in [-0.05, 0) is 59.9 Å². The summed E-state index contributed by atoms with van der Waals surface area (Å²) < 4.78 is 41.2. The van der Waals surface area contributed by atoms with Gasteiger partial charge in [-0.2, -0.15) is 9.97 Å². The summed E-state index contributed by atoms with van der Waals surface area (Å²) in [7, 11) is 0. The number of ether oxygens (including phenoxy) is 2. The smallest absolute Gasteiger partial charge is 0.407 e. The fourth-order valence-corrected chi connectivity index (χ4v) is 6.24. The van der Waals surface area contributed by atoms with Crippen molar-refractivity contribution in [1.82, 2.24) is 25.2 Å². The number of aromatic nitrogens is 3. The third-order valence-electron chi connectivity index (χ3n) is 7.74. The molecule has 12 heteroatoms. The van der Waals surface area contributed by atoms with Gasteiger partial charge in [0.25, 0.3) is 0 Å². The van der Waals surface area contributed by atoms with Crippen LogP contribution >= 0.6 is 11.6 Å². The Hall–Kier alpha value is -2.53. The van der Waals surface area contributed by atoms with Gasteiger partial charge in [-0.1, -0.05) is 11.6 Å². The fraction of sp³-hybridized carbons (Fsp3) is 0.692. The molecule has 1 amide bonds. The van der Waals surface area contributed by atoms with E-state index in [0.717, 1.165) is 32.2 Å². The number of nitrogens with one attached hydrogen (secondary N) is 1. The van der Waals surface area contributed by atoms with E-state index in [4.69, 9.17) is 26.1 Å². The minimum Gasteiger partial charge on any atom is -0.458 e. The lowest BCUT2D eigenvalue weighted by Gasteiger charge is -2.37. The molecule has 5 rings (SSSR count). The number of alkyl carbamates (subject to hydrolysis) is 1. The molecule has 208 valence electrons. The van der Waals surface area contributed by atoms with E-state index < -0.39 is 35.3 Å². The van der Waals surface area contributed by atoms with Crippen LogP contribution in [0, 0.1) is 5.82 Å². The Morgan fingerprint density at radius 3 is 2.82 bits per heavy atom. The molecule has 3 aliphatic rings. The van der Waals surface area contributed by atoms with E-state index in [9.17, 15) is 9.18 Å². The van der Waals surface area contributed by atoms with E-state index in [1.165, 1.54) is 6.20 Å². The molecular weight excluding hydrogens is 518 g/mol. The Kier molecular flexibility index (Phi) is 7.28. The van der Waals surface area contributed by atoms with Gasteiger partial charge in [-0.15, -0.1) is 0 Å². The second kappa shape index (κ2) is 10.2. The van der Waals surface area contributed by atoms with Crippen LogP contribution in [0.3, 0.4) is 0 Å². The maximum atomic E-state index is 15.1. The van der Waals surface area contributed by atoms with E-state index in [2.05, 4.69) is 20.2 Å². The van der Waals surface area contributed by atoms with Crippen LogP contribution in [0.4, 0.5) is 19.4 Å². The Morgan fingerprint density at radius 2 is 2.05 bits per heavy atom. The number of rotatable bonds is 5. The number of alkyl halides is 1. The largest absolute Gasteiger partial charge is 0.458 e. The number of piperidine rings is 1. The first-order valence-corrected chi connectivity index (χ1v) is 13.6. The van der Waals surface area contributed by atoms with Gasteiger partial charge in [0, 0.05) is 38.3 Å². The number of fused-ring (bicyclic) bond motifs is 2. The zero-order valence-electron chi connectivity index (χ0n) is 22.3. The Morgan fingerprint density at radius 1 is 1.26 bits per heavy atom. The molecule has 5 heterocycles. The van der Waals surface area contributed by atoms with Crippen molar-refractivity contribution < 1.29 is 23.0 Å². The van der Waals surface area contributed by atoms with E-state index in [1.807, 2.05) is 32.6 Å². The average molecular weight is 553 g/mol.